The lowest BCUT2D eigenvalue weighted by Crippen LogP contribution is -2.32. The number of aromatic amines is 1. The average Bonchev–Trinajstić information content (AvgIpc) is 3.41. The maximum absolute atomic E-state index is 14.1. The summed E-state index contributed by atoms with van der Waals surface area (Å²) in [6.07, 6.45) is -1.46. The Bertz CT molecular complexity index is 1490. The summed E-state index contributed by atoms with van der Waals surface area (Å²) >= 11 is 0. The van der Waals surface area contributed by atoms with Crippen molar-refractivity contribution in [3.05, 3.63) is 84.4 Å². The highest BCUT2D eigenvalue weighted by Crippen LogP contribution is 2.33. The first-order valence-electron chi connectivity index (χ1n) is 9.91. The summed E-state index contributed by atoms with van der Waals surface area (Å²) < 4.78 is 76.8. The number of halogens is 5. The smallest absolute Gasteiger partial charge is 0.405 e. The SMILES string of the molecule is Fc1cccc(-c2nc3cc[n+](Cc4cc(-c5ccccc5OC(F)(F)F)no4)cc3[nH]2)c1F. The van der Waals surface area contributed by atoms with E-state index < -0.39 is 23.7 Å². The Morgan fingerprint density at radius 1 is 1.00 bits per heavy atom. The Labute approximate surface area is 188 Å². The van der Waals surface area contributed by atoms with E-state index in [-0.39, 0.29) is 29.2 Å². The molecule has 0 saturated carbocycles. The van der Waals surface area contributed by atoms with Crippen LogP contribution in [0.25, 0.3) is 33.7 Å². The van der Waals surface area contributed by atoms with E-state index in [1.165, 1.54) is 36.4 Å². The van der Waals surface area contributed by atoms with Gasteiger partial charge in [-0.05, 0) is 24.3 Å². The fourth-order valence-electron chi connectivity index (χ4n) is 3.50. The molecule has 11 heteroatoms. The van der Waals surface area contributed by atoms with Crippen molar-refractivity contribution >= 4 is 11.0 Å². The van der Waals surface area contributed by atoms with Crippen LogP contribution < -0.4 is 9.30 Å². The lowest BCUT2D eigenvalue weighted by Gasteiger charge is -2.11. The molecule has 0 spiro atoms. The van der Waals surface area contributed by atoms with Crippen LogP contribution in [-0.2, 0) is 6.54 Å². The highest BCUT2D eigenvalue weighted by molar-refractivity contribution is 5.77. The molecule has 0 aliphatic carbocycles. The maximum atomic E-state index is 14.1. The standard InChI is InChI=1S/C23H13F5N4O2/c24-16-6-3-5-15(21(16)25)22-29-17-8-9-32(12-19(17)30-22)11-13-10-18(31-34-13)14-4-1-2-7-20(14)33-23(26,27)28/h1-10,12H,11H2/p+1. The summed E-state index contributed by atoms with van der Waals surface area (Å²) in [7, 11) is 0. The van der Waals surface area contributed by atoms with E-state index in [4.69, 9.17) is 4.52 Å². The number of benzene rings is 2. The van der Waals surface area contributed by atoms with E-state index in [0.29, 0.717) is 16.8 Å². The minimum absolute atomic E-state index is 0.00219. The average molecular weight is 473 g/mol. The number of hydrogen-bond donors (Lipinski definition) is 1. The zero-order valence-corrected chi connectivity index (χ0v) is 17.1. The molecule has 0 radical (unpaired) electrons. The molecule has 34 heavy (non-hydrogen) atoms. The first-order chi connectivity index (χ1) is 16.3. The van der Waals surface area contributed by atoms with Crippen LogP contribution in [0.5, 0.6) is 5.75 Å². The zero-order chi connectivity index (χ0) is 23.9. The Morgan fingerprint density at radius 2 is 1.79 bits per heavy atom. The highest BCUT2D eigenvalue weighted by Gasteiger charge is 2.32. The second kappa shape index (κ2) is 8.25. The molecular weight excluding hydrogens is 459 g/mol. The number of nitrogens with zero attached hydrogens (tertiary/aromatic N) is 3. The van der Waals surface area contributed by atoms with Gasteiger partial charge in [0.05, 0.1) is 5.56 Å². The van der Waals surface area contributed by atoms with Gasteiger partial charge in [0.15, 0.2) is 24.0 Å². The molecule has 5 rings (SSSR count). The largest absolute Gasteiger partial charge is 0.573 e. The number of rotatable bonds is 5. The predicted octanol–water partition coefficient (Wildman–Crippen LogP) is 5.40. The Morgan fingerprint density at radius 3 is 2.62 bits per heavy atom. The van der Waals surface area contributed by atoms with Crippen LogP contribution in [0.4, 0.5) is 22.0 Å². The molecule has 2 aromatic carbocycles. The van der Waals surface area contributed by atoms with E-state index >= 15 is 0 Å². The monoisotopic (exact) mass is 473 g/mol. The molecule has 5 aromatic rings. The second-order valence-corrected chi connectivity index (χ2v) is 7.33. The van der Waals surface area contributed by atoms with Crippen LogP contribution in [0.15, 0.2) is 71.5 Å². The third kappa shape index (κ3) is 4.32. The quantitative estimate of drug-likeness (QED) is 0.274. The molecule has 0 atom stereocenters. The van der Waals surface area contributed by atoms with E-state index in [1.54, 1.807) is 29.1 Å². The van der Waals surface area contributed by atoms with Crippen LogP contribution in [0.2, 0.25) is 0 Å². The van der Waals surface area contributed by atoms with Gasteiger partial charge in [-0.3, -0.25) is 0 Å². The number of fused-ring (bicyclic) bond motifs is 1. The second-order valence-electron chi connectivity index (χ2n) is 7.33. The molecule has 0 amide bonds. The number of pyridine rings is 1. The number of alkyl halides is 3. The van der Waals surface area contributed by atoms with Crippen molar-refractivity contribution in [2.45, 2.75) is 12.9 Å². The first-order valence-corrected chi connectivity index (χ1v) is 9.91. The molecule has 3 aromatic heterocycles. The molecule has 0 aliphatic heterocycles. The van der Waals surface area contributed by atoms with Gasteiger partial charge in [-0.25, -0.2) is 13.8 Å². The fraction of sp³-hybridized carbons (Fsp3) is 0.0870. The Hall–Kier alpha value is -4.28. The van der Waals surface area contributed by atoms with Gasteiger partial charge in [0.2, 0.25) is 12.3 Å². The summed E-state index contributed by atoms with van der Waals surface area (Å²) in [6.45, 7) is 0.202. The molecule has 3 heterocycles. The normalized spacial score (nSPS) is 11.8. The summed E-state index contributed by atoms with van der Waals surface area (Å²) in [6, 6.07) is 12.6. The van der Waals surface area contributed by atoms with Crippen LogP contribution in [0.3, 0.4) is 0 Å². The van der Waals surface area contributed by atoms with E-state index in [2.05, 4.69) is 19.9 Å². The molecule has 0 bridgehead atoms. The van der Waals surface area contributed by atoms with Crippen molar-refractivity contribution in [1.29, 1.82) is 0 Å². The molecule has 0 fully saturated rings. The maximum Gasteiger partial charge on any atom is 0.573 e. The van der Waals surface area contributed by atoms with Gasteiger partial charge in [0.25, 0.3) is 0 Å². The fourth-order valence-corrected chi connectivity index (χ4v) is 3.50. The number of imidazole rings is 1. The molecule has 1 N–H and O–H groups in total. The van der Waals surface area contributed by atoms with Gasteiger partial charge in [-0.2, -0.15) is 4.57 Å². The summed E-state index contributed by atoms with van der Waals surface area (Å²) in [5.74, 6) is -1.82. The number of nitrogens with one attached hydrogen (secondary N) is 1. The van der Waals surface area contributed by atoms with Crippen molar-refractivity contribution in [2.24, 2.45) is 0 Å². The topological polar surface area (TPSA) is 67.8 Å². The molecule has 0 saturated heterocycles. The van der Waals surface area contributed by atoms with Gasteiger partial charge in [-0.1, -0.05) is 23.4 Å². The van der Waals surface area contributed by atoms with Gasteiger partial charge in [-0.15, -0.1) is 13.2 Å². The Kier molecular flexibility index (Phi) is 5.23. The first kappa shape index (κ1) is 21.6. The summed E-state index contributed by atoms with van der Waals surface area (Å²) in [5, 5.41) is 3.86. The van der Waals surface area contributed by atoms with Crippen LogP contribution in [-0.4, -0.2) is 21.5 Å². The van der Waals surface area contributed by atoms with Crippen molar-refractivity contribution < 1.29 is 35.8 Å². The molecule has 6 nitrogen and oxygen atoms in total. The lowest BCUT2D eigenvalue weighted by molar-refractivity contribution is -0.688. The zero-order valence-electron chi connectivity index (χ0n) is 17.1. The molecular formula is C23H14F5N4O2+. The van der Waals surface area contributed by atoms with Crippen LogP contribution in [0, 0.1) is 11.6 Å². The van der Waals surface area contributed by atoms with Gasteiger partial charge in [0.1, 0.15) is 28.3 Å². The van der Waals surface area contributed by atoms with Crippen molar-refractivity contribution in [2.75, 3.05) is 0 Å². The van der Waals surface area contributed by atoms with Gasteiger partial charge < -0.3 is 14.2 Å². The number of aromatic nitrogens is 4. The molecule has 0 aliphatic rings. The van der Waals surface area contributed by atoms with Gasteiger partial charge in [0, 0.05) is 17.7 Å². The third-order valence-electron chi connectivity index (χ3n) is 4.97. The van der Waals surface area contributed by atoms with E-state index in [9.17, 15) is 22.0 Å². The number of para-hydroxylation sites is 1. The predicted molar refractivity (Wildman–Crippen MR) is 109 cm³/mol. The van der Waals surface area contributed by atoms with Crippen LogP contribution >= 0.6 is 0 Å². The van der Waals surface area contributed by atoms with Crippen molar-refractivity contribution in [3.8, 4) is 28.4 Å². The minimum Gasteiger partial charge on any atom is -0.405 e. The number of hydrogen-bond acceptors (Lipinski definition) is 4. The van der Waals surface area contributed by atoms with E-state index in [1.807, 2.05) is 0 Å². The van der Waals surface area contributed by atoms with E-state index in [0.717, 1.165) is 6.07 Å². The molecule has 172 valence electrons. The molecule has 0 unspecified atom stereocenters. The third-order valence-corrected chi connectivity index (χ3v) is 4.97. The van der Waals surface area contributed by atoms with Gasteiger partial charge >= 0.3 is 6.36 Å². The van der Waals surface area contributed by atoms with Crippen molar-refractivity contribution in [3.63, 3.8) is 0 Å². The number of H-pyrrole nitrogens is 1. The summed E-state index contributed by atoms with van der Waals surface area (Å²) in [5.41, 5.74) is 1.41. The van der Waals surface area contributed by atoms with Crippen molar-refractivity contribution in [1.82, 2.24) is 15.1 Å². The highest BCUT2D eigenvalue weighted by atomic mass is 19.4. The summed E-state index contributed by atoms with van der Waals surface area (Å²) in [4.78, 5) is 7.26. The number of ether oxygens (including phenoxy) is 1. The lowest BCUT2D eigenvalue weighted by atomic mass is 10.1. The minimum atomic E-state index is -4.84. The van der Waals surface area contributed by atoms with Crippen LogP contribution in [0.1, 0.15) is 5.76 Å². The Balaban J connectivity index is 1.40.